The molecule has 4 rings (SSSR count). The maximum Gasteiger partial charge on any atom is 0.197 e. The van der Waals surface area contributed by atoms with E-state index in [0.29, 0.717) is 17.2 Å². The van der Waals surface area contributed by atoms with Gasteiger partial charge in [0.2, 0.25) is 0 Å². The summed E-state index contributed by atoms with van der Waals surface area (Å²) in [4.78, 5) is 16.9. The van der Waals surface area contributed by atoms with E-state index in [2.05, 4.69) is 19.9 Å². The van der Waals surface area contributed by atoms with Crippen LogP contribution >= 0.6 is 11.6 Å². The molecule has 0 spiro atoms. The van der Waals surface area contributed by atoms with Crippen molar-refractivity contribution in [3.63, 3.8) is 0 Å². The zero-order valence-corrected chi connectivity index (χ0v) is 14.1. The average molecular weight is 357 g/mol. The van der Waals surface area contributed by atoms with Crippen LogP contribution in [0.1, 0.15) is 29.4 Å². The second kappa shape index (κ2) is 6.37. The van der Waals surface area contributed by atoms with Crippen molar-refractivity contribution in [3.05, 3.63) is 65.0 Å². The highest BCUT2D eigenvalue weighted by Gasteiger charge is 2.42. The molecule has 2 heterocycles. The lowest BCUT2D eigenvalue weighted by atomic mass is 10.1. The maximum atomic E-state index is 14.5. The van der Waals surface area contributed by atoms with E-state index in [9.17, 15) is 4.39 Å². The predicted molar refractivity (Wildman–Crippen MR) is 91.1 cm³/mol. The summed E-state index contributed by atoms with van der Waals surface area (Å²) in [5.41, 5.74) is 1.58. The smallest absolute Gasteiger partial charge is 0.197 e. The minimum Gasteiger partial charge on any atom is -0.492 e. The average Bonchev–Trinajstić information content (AvgIpc) is 3.44. The minimum atomic E-state index is -0.391. The highest BCUT2D eigenvalue weighted by Crippen LogP contribution is 2.56. The SMILES string of the molecule is COc1c(Cl)ccc(C2CC2c2cnc(-c3ncccn3)nc2)c1F. The van der Waals surface area contributed by atoms with Gasteiger partial charge in [-0.05, 0) is 41.5 Å². The molecule has 0 aliphatic heterocycles. The van der Waals surface area contributed by atoms with E-state index in [1.807, 2.05) is 0 Å². The third kappa shape index (κ3) is 2.93. The summed E-state index contributed by atoms with van der Waals surface area (Å²) in [5, 5.41) is 0.275. The van der Waals surface area contributed by atoms with Crippen LogP contribution in [0.25, 0.3) is 11.6 Å². The summed E-state index contributed by atoms with van der Waals surface area (Å²) in [5.74, 6) is 0.922. The summed E-state index contributed by atoms with van der Waals surface area (Å²) in [7, 11) is 1.41. The molecule has 0 saturated heterocycles. The van der Waals surface area contributed by atoms with Crippen molar-refractivity contribution in [2.45, 2.75) is 18.3 Å². The highest BCUT2D eigenvalue weighted by atomic mass is 35.5. The lowest BCUT2D eigenvalue weighted by Crippen LogP contribution is -1.97. The Labute approximate surface area is 148 Å². The Hall–Kier alpha value is -2.60. The summed E-state index contributed by atoms with van der Waals surface area (Å²) >= 11 is 5.96. The predicted octanol–water partition coefficient (Wildman–Crippen LogP) is 4.01. The zero-order chi connectivity index (χ0) is 17.4. The van der Waals surface area contributed by atoms with Crippen molar-refractivity contribution in [2.24, 2.45) is 0 Å². The monoisotopic (exact) mass is 356 g/mol. The Balaban J connectivity index is 1.56. The van der Waals surface area contributed by atoms with Gasteiger partial charge in [-0.2, -0.15) is 0 Å². The van der Waals surface area contributed by atoms with Crippen molar-refractivity contribution < 1.29 is 9.13 Å². The molecule has 2 atom stereocenters. The molecule has 0 N–H and O–H groups in total. The van der Waals surface area contributed by atoms with Gasteiger partial charge in [0.25, 0.3) is 0 Å². The van der Waals surface area contributed by atoms with Crippen LogP contribution in [0.15, 0.2) is 43.0 Å². The van der Waals surface area contributed by atoms with E-state index >= 15 is 0 Å². The number of halogens is 2. The van der Waals surface area contributed by atoms with Gasteiger partial charge in [-0.25, -0.2) is 24.3 Å². The Morgan fingerprint density at radius 2 is 1.72 bits per heavy atom. The molecule has 7 heteroatoms. The quantitative estimate of drug-likeness (QED) is 0.707. The van der Waals surface area contributed by atoms with Crippen molar-refractivity contribution >= 4 is 11.6 Å². The molecule has 2 aromatic heterocycles. The Morgan fingerprint density at radius 1 is 1.04 bits per heavy atom. The van der Waals surface area contributed by atoms with Gasteiger partial charge in [0.15, 0.2) is 23.2 Å². The van der Waals surface area contributed by atoms with Crippen LogP contribution in [0.2, 0.25) is 5.02 Å². The van der Waals surface area contributed by atoms with Crippen molar-refractivity contribution in [1.82, 2.24) is 19.9 Å². The standard InChI is InChI=1S/C18H14ClFN4O/c1-25-16-14(19)4-3-11(15(16)20)13-7-12(13)10-8-23-18(24-9-10)17-21-5-2-6-22-17/h2-6,8-9,12-13H,7H2,1H3. The zero-order valence-electron chi connectivity index (χ0n) is 13.4. The van der Waals surface area contributed by atoms with Crippen molar-refractivity contribution in [2.75, 3.05) is 7.11 Å². The third-order valence-electron chi connectivity index (χ3n) is 4.34. The van der Waals surface area contributed by atoms with Crippen molar-refractivity contribution in [3.8, 4) is 17.4 Å². The van der Waals surface area contributed by atoms with Crippen LogP contribution in [0.4, 0.5) is 4.39 Å². The molecule has 1 aromatic carbocycles. The van der Waals surface area contributed by atoms with Gasteiger partial charge in [-0.1, -0.05) is 17.7 Å². The molecule has 0 bridgehead atoms. The second-order valence-electron chi connectivity index (χ2n) is 5.84. The normalized spacial score (nSPS) is 18.8. The fraction of sp³-hybridized carbons (Fsp3) is 0.222. The van der Waals surface area contributed by atoms with Gasteiger partial charge >= 0.3 is 0 Å². The Kier molecular flexibility index (Phi) is 4.05. The molecular formula is C18H14ClFN4O. The molecule has 1 saturated carbocycles. The number of ether oxygens (including phenoxy) is 1. The van der Waals surface area contributed by atoms with Gasteiger partial charge < -0.3 is 4.74 Å². The summed E-state index contributed by atoms with van der Waals surface area (Å²) < 4.78 is 19.6. The van der Waals surface area contributed by atoms with Crippen LogP contribution in [-0.2, 0) is 0 Å². The van der Waals surface area contributed by atoms with Crippen molar-refractivity contribution in [1.29, 1.82) is 0 Å². The van der Waals surface area contributed by atoms with Crippen LogP contribution in [0.5, 0.6) is 5.75 Å². The summed E-state index contributed by atoms with van der Waals surface area (Å²) in [6.07, 6.45) is 7.65. The minimum absolute atomic E-state index is 0.0774. The van der Waals surface area contributed by atoms with Crippen LogP contribution in [-0.4, -0.2) is 27.0 Å². The Bertz CT molecular complexity index is 905. The molecule has 1 fully saturated rings. The van der Waals surface area contributed by atoms with Gasteiger partial charge in [0.1, 0.15) is 0 Å². The van der Waals surface area contributed by atoms with Gasteiger partial charge in [0.05, 0.1) is 12.1 Å². The second-order valence-corrected chi connectivity index (χ2v) is 6.25. The van der Waals surface area contributed by atoms with Gasteiger partial charge in [-0.3, -0.25) is 0 Å². The van der Waals surface area contributed by atoms with Crippen LogP contribution in [0, 0.1) is 5.82 Å². The van der Waals surface area contributed by atoms with Gasteiger partial charge in [-0.15, -0.1) is 0 Å². The first-order valence-electron chi connectivity index (χ1n) is 7.80. The molecule has 1 aliphatic rings. The van der Waals surface area contributed by atoms with E-state index in [0.717, 1.165) is 12.0 Å². The molecule has 2 unspecified atom stereocenters. The first kappa shape index (κ1) is 15.9. The topological polar surface area (TPSA) is 60.8 Å². The van der Waals surface area contributed by atoms with E-state index in [1.54, 1.807) is 43.0 Å². The number of benzene rings is 1. The summed E-state index contributed by atoms with van der Waals surface area (Å²) in [6.45, 7) is 0. The first-order valence-corrected chi connectivity index (χ1v) is 8.18. The number of hydrogen-bond acceptors (Lipinski definition) is 5. The highest BCUT2D eigenvalue weighted by molar-refractivity contribution is 6.32. The number of nitrogens with zero attached hydrogens (tertiary/aromatic N) is 4. The number of methoxy groups -OCH3 is 1. The van der Waals surface area contributed by atoms with Crippen LogP contribution in [0.3, 0.4) is 0 Å². The molecular weight excluding hydrogens is 343 g/mol. The lowest BCUT2D eigenvalue weighted by molar-refractivity contribution is 0.384. The fourth-order valence-electron chi connectivity index (χ4n) is 2.99. The maximum absolute atomic E-state index is 14.5. The molecule has 0 radical (unpaired) electrons. The molecule has 3 aromatic rings. The van der Waals surface area contributed by atoms with E-state index < -0.39 is 5.82 Å². The van der Waals surface area contributed by atoms with Crippen LogP contribution < -0.4 is 4.74 Å². The van der Waals surface area contributed by atoms with E-state index in [1.165, 1.54) is 7.11 Å². The fourth-order valence-corrected chi connectivity index (χ4v) is 3.21. The first-order chi connectivity index (χ1) is 12.2. The van der Waals surface area contributed by atoms with E-state index in [4.69, 9.17) is 16.3 Å². The molecule has 0 amide bonds. The van der Waals surface area contributed by atoms with E-state index in [-0.39, 0.29) is 22.6 Å². The number of hydrogen-bond donors (Lipinski definition) is 0. The number of aromatic nitrogens is 4. The number of rotatable bonds is 4. The third-order valence-corrected chi connectivity index (χ3v) is 4.64. The largest absolute Gasteiger partial charge is 0.492 e. The summed E-state index contributed by atoms with van der Waals surface area (Å²) in [6, 6.07) is 5.13. The molecule has 25 heavy (non-hydrogen) atoms. The molecule has 126 valence electrons. The lowest BCUT2D eigenvalue weighted by Gasteiger charge is -2.09. The Morgan fingerprint density at radius 3 is 2.40 bits per heavy atom. The van der Waals surface area contributed by atoms with Gasteiger partial charge in [0, 0.05) is 24.8 Å². The molecule has 1 aliphatic carbocycles. The molecule has 5 nitrogen and oxygen atoms in total.